The van der Waals surface area contributed by atoms with Crippen LogP contribution < -0.4 is 5.73 Å². The highest BCUT2D eigenvalue weighted by Gasteiger charge is 2.51. The Morgan fingerprint density at radius 1 is 1.56 bits per heavy atom. The second-order valence-corrected chi connectivity index (χ2v) is 3.52. The number of hydrogen-bond donors (Lipinski definition) is 1. The van der Waals surface area contributed by atoms with Crippen LogP contribution in [0.3, 0.4) is 0 Å². The molecule has 0 bridgehead atoms. The summed E-state index contributed by atoms with van der Waals surface area (Å²) in [6.45, 7) is 0.882. The van der Waals surface area contributed by atoms with Crippen molar-refractivity contribution in [2.45, 2.75) is 18.4 Å². The Balaban J connectivity index is 2.59. The predicted octanol–water partition coefficient (Wildman–Crippen LogP) is 1.09. The topological polar surface area (TPSA) is 26.0 Å². The fraction of sp³-hybridized carbons (Fsp3) is 1.00. The molecule has 0 unspecified atom stereocenters. The number of alkyl halides is 2. The highest BCUT2D eigenvalue weighted by Crippen LogP contribution is 2.39. The monoisotopic (exact) mass is 153 g/mol. The second-order valence-electron chi connectivity index (χ2n) is 2.54. The van der Waals surface area contributed by atoms with Crippen LogP contribution in [0.5, 0.6) is 0 Å². The van der Waals surface area contributed by atoms with Crippen LogP contribution in [0.4, 0.5) is 8.78 Å². The molecule has 0 aromatic rings. The molecule has 2 N–H and O–H groups in total. The number of thioether (sulfide) groups is 1. The second kappa shape index (κ2) is 1.83. The number of rotatable bonds is 1. The lowest BCUT2D eigenvalue weighted by Gasteiger charge is -2.41. The predicted molar refractivity (Wildman–Crippen MR) is 34.9 cm³/mol. The average molecular weight is 153 g/mol. The van der Waals surface area contributed by atoms with Gasteiger partial charge in [0.15, 0.2) is 0 Å². The van der Waals surface area contributed by atoms with Gasteiger partial charge in [-0.15, -0.1) is 0 Å². The van der Waals surface area contributed by atoms with Crippen LogP contribution in [-0.4, -0.2) is 23.0 Å². The largest absolute Gasteiger partial charge is 0.319 e. The molecular formula is C5H9F2NS. The third-order valence-electron chi connectivity index (χ3n) is 1.59. The SMILES string of the molecule is CC(F)(F)C1(N)CSC1. The van der Waals surface area contributed by atoms with Gasteiger partial charge in [-0.05, 0) is 0 Å². The minimum atomic E-state index is -2.71. The van der Waals surface area contributed by atoms with E-state index in [0.29, 0.717) is 11.5 Å². The van der Waals surface area contributed by atoms with Crippen molar-refractivity contribution in [1.82, 2.24) is 0 Å². The van der Waals surface area contributed by atoms with Crippen molar-refractivity contribution in [2.75, 3.05) is 11.5 Å². The Labute approximate surface area is 57.0 Å². The molecule has 54 valence electrons. The van der Waals surface area contributed by atoms with Gasteiger partial charge in [0.25, 0.3) is 5.92 Å². The smallest absolute Gasteiger partial charge is 0.264 e. The molecule has 0 atom stereocenters. The fourth-order valence-electron chi connectivity index (χ4n) is 0.575. The van der Waals surface area contributed by atoms with E-state index in [4.69, 9.17) is 5.73 Å². The van der Waals surface area contributed by atoms with Crippen molar-refractivity contribution in [3.63, 3.8) is 0 Å². The van der Waals surface area contributed by atoms with Crippen molar-refractivity contribution >= 4 is 11.8 Å². The summed E-state index contributed by atoms with van der Waals surface area (Å²) in [6.07, 6.45) is 0. The summed E-state index contributed by atoms with van der Waals surface area (Å²) in [5, 5.41) is 0. The minimum absolute atomic E-state index is 0.385. The van der Waals surface area contributed by atoms with Gasteiger partial charge in [-0.3, -0.25) is 0 Å². The first-order chi connectivity index (χ1) is 3.96. The van der Waals surface area contributed by atoms with Gasteiger partial charge in [-0.2, -0.15) is 11.8 Å². The molecule has 0 aromatic carbocycles. The van der Waals surface area contributed by atoms with Gasteiger partial charge < -0.3 is 5.73 Å². The molecule has 1 saturated heterocycles. The van der Waals surface area contributed by atoms with E-state index in [9.17, 15) is 8.78 Å². The molecule has 9 heavy (non-hydrogen) atoms. The van der Waals surface area contributed by atoms with Gasteiger partial charge >= 0.3 is 0 Å². The summed E-state index contributed by atoms with van der Waals surface area (Å²) in [5.41, 5.74) is 4.10. The Morgan fingerprint density at radius 3 is 2.00 bits per heavy atom. The lowest BCUT2D eigenvalue weighted by molar-refractivity contribution is -0.0420. The molecular weight excluding hydrogens is 144 g/mol. The van der Waals surface area contributed by atoms with Crippen LogP contribution >= 0.6 is 11.8 Å². The molecule has 0 spiro atoms. The van der Waals surface area contributed by atoms with Crippen molar-refractivity contribution in [1.29, 1.82) is 0 Å². The summed E-state index contributed by atoms with van der Waals surface area (Å²) < 4.78 is 24.8. The van der Waals surface area contributed by atoms with E-state index in [-0.39, 0.29) is 0 Å². The Morgan fingerprint density at radius 2 is 2.00 bits per heavy atom. The summed E-state index contributed by atoms with van der Waals surface area (Å²) in [6, 6.07) is 0. The van der Waals surface area contributed by atoms with Gasteiger partial charge in [0.1, 0.15) is 0 Å². The molecule has 0 aliphatic carbocycles. The maximum absolute atomic E-state index is 12.4. The number of hydrogen-bond acceptors (Lipinski definition) is 2. The highest BCUT2D eigenvalue weighted by molar-refractivity contribution is 8.00. The zero-order valence-corrected chi connectivity index (χ0v) is 5.97. The van der Waals surface area contributed by atoms with Gasteiger partial charge in [0.05, 0.1) is 5.54 Å². The van der Waals surface area contributed by atoms with E-state index < -0.39 is 11.5 Å². The first kappa shape index (κ1) is 7.28. The molecule has 1 heterocycles. The molecule has 0 amide bonds. The van der Waals surface area contributed by atoms with Crippen molar-refractivity contribution in [3.05, 3.63) is 0 Å². The van der Waals surface area contributed by atoms with Gasteiger partial charge in [-0.1, -0.05) is 0 Å². The molecule has 1 aliphatic rings. The van der Waals surface area contributed by atoms with Gasteiger partial charge in [-0.25, -0.2) is 8.78 Å². The molecule has 1 nitrogen and oxygen atoms in total. The highest BCUT2D eigenvalue weighted by atomic mass is 32.2. The molecule has 1 rings (SSSR count). The van der Waals surface area contributed by atoms with E-state index in [1.54, 1.807) is 0 Å². The Bertz CT molecular complexity index is 117. The molecule has 1 fully saturated rings. The number of halogens is 2. The summed E-state index contributed by atoms with van der Waals surface area (Å²) in [5.74, 6) is -1.94. The van der Waals surface area contributed by atoms with Crippen molar-refractivity contribution < 1.29 is 8.78 Å². The number of nitrogens with two attached hydrogens (primary N) is 1. The Kier molecular flexibility index (Phi) is 1.48. The lowest BCUT2D eigenvalue weighted by Crippen LogP contribution is -2.63. The van der Waals surface area contributed by atoms with Crippen LogP contribution in [-0.2, 0) is 0 Å². The zero-order valence-electron chi connectivity index (χ0n) is 5.16. The summed E-state index contributed by atoms with van der Waals surface area (Å²) in [4.78, 5) is 0. The van der Waals surface area contributed by atoms with Crippen molar-refractivity contribution in [2.24, 2.45) is 5.73 Å². The maximum atomic E-state index is 12.4. The third kappa shape index (κ3) is 1.05. The van der Waals surface area contributed by atoms with Crippen LogP contribution in [0.1, 0.15) is 6.92 Å². The quantitative estimate of drug-likeness (QED) is 0.610. The Hall–Kier alpha value is 0.170. The summed E-state index contributed by atoms with van der Waals surface area (Å²) >= 11 is 1.47. The van der Waals surface area contributed by atoms with E-state index >= 15 is 0 Å². The molecule has 0 aromatic heterocycles. The maximum Gasteiger partial charge on any atom is 0.264 e. The van der Waals surface area contributed by atoms with Crippen LogP contribution in [0.2, 0.25) is 0 Å². The molecule has 4 heteroatoms. The zero-order chi connectivity index (χ0) is 7.12. The van der Waals surface area contributed by atoms with Crippen LogP contribution in [0.25, 0.3) is 0 Å². The minimum Gasteiger partial charge on any atom is -0.319 e. The van der Waals surface area contributed by atoms with E-state index in [0.717, 1.165) is 6.92 Å². The lowest BCUT2D eigenvalue weighted by atomic mass is 9.98. The first-order valence-electron chi connectivity index (χ1n) is 2.70. The van der Waals surface area contributed by atoms with Gasteiger partial charge in [0, 0.05) is 18.4 Å². The van der Waals surface area contributed by atoms with Crippen LogP contribution in [0.15, 0.2) is 0 Å². The third-order valence-corrected chi connectivity index (χ3v) is 3.03. The van der Waals surface area contributed by atoms with Crippen molar-refractivity contribution in [3.8, 4) is 0 Å². The standard InChI is InChI=1S/C5H9F2NS/c1-4(6,7)5(8)2-9-3-5/h2-3,8H2,1H3. The van der Waals surface area contributed by atoms with Gasteiger partial charge in [0.2, 0.25) is 0 Å². The summed E-state index contributed by atoms with van der Waals surface area (Å²) in [7, 11) is 0. The molecule has 0 saturated carbocycles. The first-order valence-corrected chi connectivity index (χ1v) is 3.86. The molecule has 0 radical (unpaired) electrons. The normalized spacial score (nSPS) is 25.3. The van der Waals surface area contributed by atoms with E-state index in [1.165, 1.54) is 11.8 Å². The van der Waals surface area contributed by atoms with E-state index in [1.807, 2.05) is 0 Å². The van der Waals surface area contributed by atoms with Crippen LogP contribution in [0, 0.1) is 0 Å². The van der Waals surface area contributed by atoms with E-state index in [2.05, 4.69) is 0 Å². The fourth-order valence-corrected chi connectivity index (χ4v) is 1.73. The molecule has 1 aliphatic heterocycles. The average Bonchev–Trinajstić information content (AvgIpc) is 1.57.